The highest BCUT2D eigenvalue weighted by Gasteiger charge is 2.25. The second-order valence-corrected chi connectivity index (χ2v) is 10.6. The molecule has 3 heterocycles. The molecule has 4 aromatic rings. The summed E-state index contributed by atoms with van der Waals surface area (Å²) in [6, 6.07) is 6.27. The number of anilines is 1. The molecule has 1 aliphatic carbocycles. The predicted molar refractivity (Wildman–Crippen MR) is 132 cm³/mol. The Kier molecular flexibility index (Phi) is 6.13. The minimum absolute atomic E-state index is 0.117. The molecule has 1 aliphatic rings. The molecule has 168 valence electrons. The molecule has 0 spiro atoms. The molecule has 33 heavy (non-hydrogen) atoms. The van der Waals surface area contributed by atoms with Crippen molar-refractivity contribution in [3.8, 4) is 11.1 Å². The second-order valence-electron chi connectivity index (χ2n) is 7.63. The smallest absolute Gasteiger partial charge is 0.251 e. The van der Waals surface area contributed by atoms with E-state index in [1.807, 2.05) is 5.38 Å². The van der Waals surface area contributed by atoms with Crippen molar-refractivity contribution in [3.63, 3.8) is 0 Å². The van der Waals surface area contributed by atoms with Crippen molar-refractivity contribution in [1.82, 2.24) is 9.97 Å². The molecular formula is C23H19FN4O2S3. The van der Waals surface area contributed by atoms with E-state index in [1.54, 1.807) is 12.1 Å². The molecule has 1 aromatic carbocycles. The predicted octanol–water partition coefficient (Wildman–Crippen LogP) is 5.27. The number of hydrogen-bond donors (Lipinski definition) is 2. The van der Waals surface area contributed by atoms with Crippen LogP contribution in [0.4, 0.5) is 9.39 Å². The fourth-order valence-corrected chi connectivity index (χ4v) is 7.11. The number of halogens is 1. The molecule has 3 N–H and O–H groups in total. The zero-order chi connectivity index (χ0) is 22.9. The third-order valence-electron chi connectivity index (χ3n) is 5.50. The van der Waals surface area contributed by atoms with Crippen LogP contribution in [0.5, 0.6) is 0 Å². The standard InChI is InChI=1S/C23H19FN4O2S3/c24-13-7-5-12(6-8-13)15-9-31-21-19(15)22(27-11-26-21)32-10-17(29)28-23-18(20(25)30)14-3-1-2-4-16(14)33-23/h5-9,11H,1-4,10H2,(H2,25,30)(H,28,29). The van der Waals surface area contributed by atoms with Gasteiger partial charge in [0.2, 0.25) is 5.91 Å². The van der Waals surface area contributed by atoms with Crippen molar-refractivity contribution in [2.24, 2.45) is 5.73 Å². The lowest BCUT2D eigenvalue weighted by molar-refractivity contribution is -0.113. The molecule has 3 aromatic heterocycles. The van der Waals surface area contributed by atoms with E-state index in [0.29, 0.717) is 15.6 Å². The summed E-state index contributed by atoms with van der Waals surface area (Å²) in [5.74, 6) is -0.916. The summed E-state index contributed by atoms with van der Waals surface area (Å²) in [6.07, 6.45) is 5.31. The SMILES string of the molecule is NC(=O)c1c(NC(=O)CSc2ncnc3scc(-c4ccc(F)cc4)c23)sc2c1CCCC2. The van der Waals surface area contributed by atoms with Gasteiger partial charge in [0.05, 0.1) is 16.7 Å². The Hall–Kier alpha value is -2.82. The van der Waals surface area contributed by atoms with Crippen LogP contribution >= 0.6 is 34.4 Å². The first-order chi connectivity index (χ1) is 16.0. The average Bonchev–Trinajstić information content (AvgIpc) is 3.40. The molecule has 0 aliphatic heterocycles. The molecule has 5 rings (SSSR count). The second kappa shape index (κ2) is 9.20. The molecule has 0 radical (unpaired) electrons. The number of hydrogen-bond acceptors (Lipinski definition) is 7. The summed E-state index contributed by atoms with van der Waals surface area (Å²) < 4.78 is 13.4. The lowest BCUT2D eigenvalue weighted by atomic mass is 9.95. The monoisotopic (exact) mass is 498 g/mol. The van der Waals surface area contributed by atoms with E-state index in [1.165, 1.54) is 52.9 Å². The fourth-order valence-electron chi connectivity index (χ4n) is 4.01. The summed E-state index contributed by atoms with van der Waals surface area (Å²) >= 11 is 4.23. The number of carbonyl (C=O) groups is 2. The van der Waals surface area contributed by atoms with Crippen molar-refractivity contribution in [2.45, 2.75) is 30.7 Å². The first kappa shape index (κ1) is 22.0. The Morgan fingerprint density at radius 1 is 1.15 bits per heavy atom. The minimum atomic E-state index is -0.503. The molecular weight excluding hydrogens is 479 g/mol. The van der Waals surface area contributed by atoms with Crippen molar-refractivity contribution >= 4 is 61.5 Å². The van der Waals surface area contributed by atoms with Crippen LogP contribution in [-0.2, 0) is 17.6 Å². The van der Waals surface area contributed by atoms with Crippen LogP contribution in [0, 0.1) is 5.82 Å². The quantitative estimate of drug-likeness (QED) is 0.279. The number of carbonyl (C=O) groups excluding carboxylic acids is 2. The largest absolute Gasteiger partial charge is 0.365 e. The molecule has 10 heteroatoms. The third kappa shape index (κ3) is 4.38. The van der Waals surface area contributed by atoms with Crippen molar-refractivity contribution < 1.29 is 14.0 Å². The van der Waals surface area contributed by atoms with Gasteiger partial charge in [0, 0.05) is 15.8 Å². The van der Waals surface area contributed by atoms with Crippen LogP contribution in [0.1, 0.15) is 33.6 Å². The van der Waals surface area contributed by atoms with Crippen LogP contribution in [-0.4, -0.2) is 27.5 Å². The topological polar surface area (TPSA) is 98.0 Å². The molecule has 0 saturated heterocycles. The molecule has 0 saturated carbocycles. The average molecular weight is 499 g/mol. The number of aromatic nitrogens is 2. The van der Waals surface area contributed by atoms with Gasteiger partial charge in [0.15, 0.2) is 0 Å². The number of thiophene rings is 2. The van der Waals surface area contributed by atoms with Gasteiger partial charge in [0.25, 0.3) is 5.91 Å². The van der Waals surface area contributed by atoms with Crippen LogP contribution in [0.2, 0.25) is 0 Å². The normalized spacial score (nSPS) is 13.1. The van der Waals surface area contributed by atoms with E-state index in [4.69, 9.17) is 5.73 Å². The van der Waals surface area contributed by atoms with Gasteiger partial charge in [0.1, 0.15) is 27.0 Å². The minimum Gasteiger partial charge on any atom is -0.365 e. The Bertz CT molecular complexity index is 1360. The molecule has 0 unspecified atom stereocenters. The summed E-state index contributed by atoms with van der Waals surface area (Å²) in [6.45, 7) is 0. The number of nitrogens with zero attached hydrogens (tertiary/aromatic N) is 2. The van der Waals surface area contributed by atoms with Gasteiger partial charge in [-0.25, -0.2) is 14.4 Å². The number of aryl methyl sites for hydroxylation is 1. The number of nitrogens with two attached hydrogens (primary N) is 1. The van der Waals surface area contributed by atoms with Crippen molar-refractivity contribution in [3.05, 3.63) is 57.8 Å². The van der Waals surface area contributed by atoms with E-state index in [-0.39, 0.29) is 17.5 Å². The molecule has 2 amide bonds. The zero-order valence-electron chi connectivity index (χ0n) is 17.4. The van der Waals surface area contributed by atoms with E-state index >= 15 is 0 Å². The van der Waals surface area contributed by atoms with E-state index < -0.39 is 5.91 Å². The highest BCUT2D eigenvalue weighted by Crippen LogP contribution is 2.39. The fraction of sp³-hybridized carbons (Fsp3) is 0.217. The van der Waals surface area contributed by atoms with Crippen molar-refractivity contribution in [2.75, 3.05) is 11.1 Å². The third-order valence-corrected chi connectivity index (χ3v) is 8.58. The first-order valence-corrected chi connectivity index (χ1v) is 13.0. The van der Waals surface area contributed by atoms with E-state index in [9.17, 15) is 14.0 Å². The summed E-state index contributed by atoms with van der Waals surface area (Å²) in [7, 11) is 0. The molecule has 0 bridgehead atoms. The summed E-state index contributed by atoms with van der Waals surface area (Å²) in [5.41, 5.74) is 8.83. The number of benzene rings is 1. The van der Waals surface area contributed by atoms with Gasteiger partial charge < -0.3 is 11.1 Å². The Morgan fingerprint density at radius 3 is 2.73 bits per heavy atom. The van der Waals surface area contributed by atoms with E-state index in [0.717, 1.165) is 57.5 Å². The number of primary amides is 1. The lowest BCUT2D eigenvalue weighted by Gasteiger charge is -2.11. The van der Waals surface area contributed by atoms with Gasteiger partial charge in [-0.15, -0.1) is 22.7 Å². The van der Waals surface area contributed by atoms with Gasteiger partial charge >= 0.3 is 0 Å². The number of rotatable bonds is 6. The maximum Gasteiger partial charge on any atom is 0.251 e. The Labute approximate surface area is 201 Å². The van der Waals surface area contributed by atoms with Gasteiger partial charge in [-0.3, -0.25) is 9.59 Å². The molecule has 6 nitrogen and oxygen atoms in total. The van der Waals surface area contributed by atoms with Crippen molar-refractivity contribution in [1.29, 1.82) is 0 Å². The van der Waals surface area contributed by atoms with Crippen LogP contribution < -0.4 is 11.1 Å². The number of amides is 2. The molecule has 0 fully saturated rings. The van der Waals surface area contributed by atoms with Gasteiger partial charge in [-0.2, -0.15) is 0 Å². The van der Waals surface area contributed by atoms with Crippen LogP contribution in [0.25, 0.3) is 21.3 Å². The zero-order valence-corrected chi connectivity index (χ0v) is 19.8. The first-order valence-electron chi connectivity index (χ1n) is 10.4. The Morgan fingerprint density at radius 2 is 1.94 bits per heavy atom. The summed E-state index contributed by atoms with van der Waals surface area (Å²) in [5, 5.41) is 6.91. The van der Waals surface area contributed by atoms with Crippen LogP contribution in [0.15, 0.2) is 41.0 Å². The van der Waals surface area contributed by atoms with E-state index in [2.05, 4.69) is 15.3 Å². The Balaban J connectivity index is 1.37. The number of fused-ring (bicyclic) bond motifs is 2. The maximum atomic E-state index is 13.4. The highest BCUT2D eigenvalue weighted by atomic mass is 32.2. The summed E-state index contributed by atoms with van der Waals surface area (Å²) in [4.78, 5) is 35.5. The van der Waals surface area contributed by atoms with Gasteiger partial charge in [-0.05, 0) is 48.9 Å². The number of nitrogens with one attached hydrogen (secondary N) is 1. The van der Waals surface area contributed by atoms with Crippen LogP contribution in [0.3, 0.4) is 0 Å². The maximum absolute atomic E-state index is 13.4. The van der Waals surface area contributed by atoms with Gasteiger partial charge in [-0.1, -0.05) is 23.9 Å². The number of thioether (sulfide) groups is 1. The highest BCUT2D eigenvalue weighted by molar-refractivity contribution is 8.00. The lowest BCUT2D eigenvalue weighted by Crippen LogP contribution is -2.19. The molecule has 0 atom stereocenters.